The number of carbonyl (C=O) groups is 2. The molecule has 11 heteroatoms. The number of rotatable bonds is 14. The second-order valence-electron chi connectivity index (χ2n) is 11.1. The molecule has 0 aliphatic heterocycles. The molecule has 3 aromatic carbocycles. The lowest BCUT2D eigenvalue weighted by Crippen LogP contribution is -2.16. The number of aliphatic carboxylic acids is 1. The number of carbonyl (C=O) groups excluding carboxylic acids is 1. The normalized spacial score (nSPS) is 12.0. The van der Waals surface area contributed by atoms with Crippen molar-refractivity contribution >= 4 is 40.1 Å². The van der Waals surface area contributed by atoms with Crippen molar-refractivity contribution in [3.63, 3.8) is 0 Å². The molecule has 0 saturated carbocycles. The van der Waals surface area contributed by atoms with Gasteiger partial charge in [-0.3, -0.25) is 4.79 Å². The van der Waals surface area contributed by atoms with Gasteiger partial charge in [-0.05, 0) is 95.1 Å². The van der Waals surface area contributed by atoms with Crippen LogP contribution in [0.25, 0.3) is 16.6 Å². The number of ether oxygens (including phenoxy) is 5. The first-order valence-corrected chi connectivity index (χ1v) is 15.3. The Kier molecular flexibility index (Phi) is 10.7. The quantitative estimate of drug-likeness (QED) is 0.114. The monoisotopic (exact) mass is 634 g/mol. The number of Topliss-reactive ketones (excluding diaryl/α,β-unsaturated/α-hetero) is 1. The van der Waals surface area contributed by atoms with E-state index in [9.17, 15) is 14.7 Å². The molecule has 1 aromatic heterocycles. The molecule has 1 heterocycles. The van der Waals surface area contributed by atoms with Crippen molar-refractivity contribution in [3.8, 4) is 28.7 Å². The molecular formula is C34H38N2O8S. The lowest BCUT2D eigenvalue weighted by atomic mass is 9.89. The number of hydrogen-bond acceptors (Lipinski definition) is 10. The Bertz CT molecular complexity index is 1690. The van der Waals surface area contributed by atoms with Crippen LogP contribution in [0.15, 0.2) is 54.1 Å². The summed E-state index contributed by atoms with van der Waals surface area (Å²) in [6.45, 7) is 11.4. The van der Waals surface area contributed by atoms with Gasteiger partial charge in [0.2, 0.25) is 5.75 Å². The summed E-state index contributed by atoms with van der Waals surface area (Å²) in [7, 11) is 2.97. The number of hydrogen-bond donors (Lipinski definition) is 1. The van der Waals surface area contributed by atoms with E-state index in [1.54, 1.807) is 42.5 Å². The van der Waals surface area contributed by atoms with Crippen LogP contribution in [0.5, 0.6) is 28.7 Å². The summed E-state index contributed by atoms with van der Waals surface area (Å²) in [5.41, 5.74) is 2.19. The summed E-state index contributed by atoms with van der Waals surface area (Å²) < 4.78 is 37.7. The maximum atomic E-state index is 14.4. The maximum absolute atomic E-state index is 14.4. The predicted octanol–water partition coefficient (Wildman–Crippen LogP) is 7.03. The van der Waals surface area contributed by atoms with Crippen LogP contribution >= 0.6 is 11.7 Å². The molecule has 0 amide bonds. The average molecular weight is 635 g/mol. The second-order valence-corrected chi connectivity index (χ2v) is 11.7. The molecule has 0 bridgehead atoms. The highest BCUT2D eigenvalue weighted by atomic mass is 32.1. The van der Waals surface area contributed by atoms with E-state index in [0.29, 0.717) is 50.9 Å². The molecule has 45 heavy (non-hydrogen) atoms. The van der Waals surface area contributed by atoms with E-state index >= 15 is 0 Å². The highest BCUT2D eigenvalue weighted by Gasteiger charge is 2.27. The third-order valence-electron chi connectivity index (χ3n) is 6.52. The Morgan fingerprint density at radius 2 is 1.29 bits per heavy atom. The molecule has 0 aliphatic rings. The number of ketones is 1. The highest BCUT2D eigenvalue weighted by Crippen LogP contribution is 2.42. The van der Waals surface area contributed by atoms with Crippen molar-refractivity contribution in [1.82, 2.24) is 8.75 Å². The summed E-state index contributed by atoms with van der Waals surface area (Å²) >= 11 is 1.03. The molecule has 0 spiro atoms. The molecule has 0 aliphatic carbocycles. The molecule has 4 rings (SSSR count). The third kappa shape index (κ3) is 7.91. The van der Waals surface area contributed by atoms with Crippen LogP contribution in [-0.2, 0) is 11.2 Å². The van der Waals surface area contributed by atoms with Gasteiger partial charge >= 0.3 is 5.97 Å². The summed E-state index contributed by atoms with van der Waals surface area (Å²) in [6.07, 6.45) is -0.626. The van der Waals surface area contributed by atoms with Crippen molar-refractivity contribution < 1.29 is 38.4 Å². The third-order valence-corrected chi connectivity index (χ3v) is 7.07. The van der Waals surface area contributed by atoms with Gasteiger partial charge in [0.1, 0.15) is 11.0 Å². The Balaban J connectivity index is 1.98. The van der Waals surface area contributed by atoms with E-state index in [-0.39, 0.29) is 41.4 Å². The first kappa shape index (κ1) is 33.3. The maximum Gasteiger partial charge on any atom is 0.336 e. The summed E-state index contributed by atoms with van der Waals surface area (Å²) in [4.78, 5) is 27.4. The van der Waals surface area contributed by atoms with Gasteiger partial charge in [0.05, 0.1) is 49.8 Å². The largest absolute Gasteiger partial charge is 0.493 e. The van der Waals surface area contributed by atoms with Gasteiger partial charge in [-0.15, -0.1) is 0 Å². The molecule has 10 nitrogen and oxygen atoms in total. The Morgan fingerprint density at radius 1 is 0.711 bits per heavy atom. The van der Waals surface area contributed by atoms with E-state index < -0.39 is 11.8 Å². The molecular weight excluding hydrogens is 596 g/mol. The number of fused-ring (bicyclic) bond motifs is 1. The van der Waals surface area contributed by atoms with Crippen LogP contribution in [0.4, 0.5) is 0 Å². The highest BCUT2D eigenvalue weighted by molar-refractivity contribution is 7.00. The lowest BCUT2D eigenvalue weighted by molar-refractivity contribution is -0.130. The Hall–Kier alpha value is -4.64. The Labute approximate surface area is 266 Å². The van der Waals surface area contributed by atoms with Crippen LogP contribution in [0.2, 0.25) is 0 Å². The van der Waals surface area contributed by atoms with E-state index in [2.05, 4.69) is 8.75 Å². The fourth-order valence-electron chi connectivity index (χ4n) is 4.77. The zero-order chi connectivity index (χ0) is 32.8. The van der Waals surface area contributed by atoms with Gasteiger partial charge < -0.3 is 28.8 Å². The van der Waals surface area contributed by atoms with Crippen LogP contribution in [0.3, 0.4) is 0 Å². The van der Waals surface area contributed by atoms with E-state index in [0.717, 1.165) is 11.7 Å². The fraction of sp³-hybridized carbons (Fsp3) is 0.353. The number of allylic oxidation sites excluding steroid dienone is 1. The fourth-order valence-corrected chi connectivity index (χ4v) is 5.29. The number of benzene rings is 3. The standard InChI is InChI=1S/C34H38N2O8S/c1-18(2)42-29-14-21(15-30(43-19(3)4)33(29)44-20(5)6)13-24(32(37)23-10-12-27(40-7)28(17-23)41-8)31(34(38)39)22-9-11-25-26(16-22)36-45-35-25/h9-12,14-20H,13H2,1-8H3,(H,38,39)/b31-24+. The molecule has 0 atom stereocenters. The smallest absolute Gasteiger partial charge is 0.336 e. The van der Waals surface area contributed by atoms with E-state index in [1.165, 1.54) is 20.3 Å². The predicted molar refractivity (Wildman–Crippen MR) is 173 cm³/mol. The number of aromatic nitrogens is 2. The van der Waals surface area contributed by atoms with Gasteiger partial charge in [-0.2, -0.15) is 8.75 Å². The lowest BCUT2D eigenvalue weighted by Gasteiger charge is -2.23. The number of methoxy groups -OCH3 is 2. The minimum Gasteiger partial charge on any atom is -0.493 e. The topological polar surface area (TPSA) is 126 Å². The SMILES string of the molecule is COc1ccc(C(=O)/C(Cc2cc(OC(C)C)c(OC(C)C)c(OC(C)C)c2)=C(/C(=O)O)c2ccc3nsnc3c2)cc1OC. The van der Waals surface area contributed by atoms with Gasteiger partial charge in [0.25, 0.3) is 0 Å². The summed E-state index contributed by atoms with van der Waals surface area (Å²) in [6, 6.07) is 13.2. The number of carboxylic acids is 1. The minimum atomic E-state index is -1.27. The van der Waals surface area contributed by atoms with E-state index in [1.807, 2.05) is 41.5 Å². The van der Waals surface area contributed by atoms with Gasteiger partial charge in [0, 0.05) is 17.6 Å². The van der Waals surface area contributed by atoms with Crippen molar-refractivity contribution in [2.45, 2.75) is 66.3 Å². The van der Waals surface area contributed by atoms with Crippen molar-refractivity contribution in [2.75, 3.05) is 14.2 Å². The molecule has 238 valence electrons. The zero-order valence-corrected chi connectivity index (χ0v) is 27.5. The number of carboxylic acid groups (broad SMARTS) is 1. The summed E-state index contributed by atoms with van der Waals surface area (Å²) in [5, 5.41) is 10.6. The molecule has 0 saturated heterocycles. The molecule has 0 unspecified atom stereocenters. The molecule has 0 radical (unpaired) electrons. The van der Waals surface area contributed by atoms with Crippen LogP contribution in [0.1, 0.15) is 63.0 Å². The number of nitrogens with zero attached hydrogens (tertiary/aromatic N) is 2. The average Bonchev–Trinajstić information content (AvgIpc) is 3.45. The van der Waals surface area contributed by atoms with Gasteiger partial charge in [-0.1, -0.05) is 6.07 Å². The van der Waals surface area contributed by atoms with Crippen LogP contribution in [-0.4, -0.2) is 58.1 Å². The van der Waals surface area contributed by atoms with Crippen molar-refractivity contribution in [3.05, 3.63) is 70.8 Å². The summed E-state index contributed by atoms with van der Waals surface area (Å²) in [5.74, 6) is 0.306. The van der Waals surface area contributed by atoms with Crippen LogP contribution in [0, 0.1) is 0 Å². The second kappa shape index (κ2) is 14.4. The first-order valence-electron chi connectivity index (χ1n) is 14.5. The first-order chi connectivity index (χ1) is 21.4. The molecule has 1 N–H and O–H groups in total. The molecule has 4 aromatic rings. The Morgan fingerprint density at radius 3 is 1.84 bits per heavy atom. The minimum absolute atomic E-state index is 0.0424. The van der Waals surface area contributed by atoms with Gasteiger partial charge in [0.15, 0.2) is 28.8 Å². The van der Waals surface area contributed by atoms with Crippen molar-refractivity contribution in [1.29, 1.82) is 0 Å². The van der Waals surface area contributed by atoms with Crippen molar-refractivity contribution in [2.24, 2.45) is 0 Å². The van der Waals surface area contributed by atoms with Crippen LogP contribution < -0.4 is 23.7 Å². The zero-order valence-electron chi connectivity index (χ0n) is 26.7. The van der Waals surface area contributed by atoms with Gasteiger partial charge in [-0.25, -0.2) is 4.79 Å². The van der Waals surface area contributed by atoms with E-state index in [4.69, 9.17) is 23.7 Å². The molecule has 0 fully saturated rings.